The molecule has 4 nitrogen and oxygen atoms in total. The van der Waals surface area contributed by atoms with E-state index in [1.54, 1.807) is 32.7 Å². The molecule has 1 aromatic heterocycles. The summed E-state index contributed by atoms with van der Waals surface area (Å²) >= 11 is 1.69. The summed E-state index contributed by atoms with van der Waals surface area (Å²) in [6.45, 7) is 2.07. The Morgan fingerprint density at radius 3 is 2.05 bits per heavy atom. The van der Waals surface area contributed by atoms with Crippen molar-refractivity contribution < 1.29 is 14.2 Å². The average Bonchev–Trinajstić information content (AvgIpc) is 2.90. The van der Waals surface area contributed by atoms with Crippen LogP contribution in [0.15, 0.2) is 23.6 Å². The second-order valence-corrected chi connectivity index (χ2v) is 5.49. The zero-order valence-electron chi connectivity index (χ0n) is 12.1. The number of thiophene rings is 1. The van der Waals surface area contributed by atoms with Gasteiger partial charge in [-0.3, -0.25) is 0 Å². The number of methoxy groups -OCH3 is 3. The molecule has 2 aromatic rings. The molecule has 1 atom stereocenters. The Balaban J connectivity index is 2.49. The summed E-state index contributed by atoms with van der Waals surface area (Å²) in [5.74, 6) is 1.81. The SMILES string of the molecule is COc1cc(C(N)c2ccsc2C)cc(OC)c1OC. The maximum Gasteiger partial charge on any atom is 0.203 e. The molecule has 0 bridgehead atoms. The highest BCUT2D eigenvalue weighted by atomic mass is 32.1. The molecular weight excluding hydrogens is 274 g/mol. The quantitative estimate of drug-likeness (QED) is 0.920. The number of rotatable bonds is 5. The zero-order chi connectivity index (χ0) is 14.7. The van der Waals surface area contributed by atoms with Gasteiger partial charge in [-0.15, -0.1) is 11.3 Å². The minimum Gasteiger partial charge on any atom is -0.493 e. The normalized spacial score (nSPS) is 12.1. The Morgan fingerprint density at radius 2 is 1.65 bits per heavy atom. The molecule has 1 aromatic carbocycles. The van der Waals surface area contributed by atoms with E-state index in [9.17, 15) is 0 Å². The fourth-order valence-corrected chi connectivity index (χ4v) is 2.93. The first-order valence-corrected chi connectivity index (χ1v) is 7.09. The van der Waals surface area contributed by atoms with Gasteiger partial charge in [-0.1, -0.05) is 0 Å². The van der Waals surface area contributed by atoms with Crippen molar-refractivity contribution in [2.45, 2.75) is 13.0 Å². The van der Waals surface area contributed by atoms with Crippen LogP contribution in [-0.4, -0.2) is 21.3 Å². The van der Waals surface area contributed by atoms with E-state index in [1.165, 1.54) is 4.88 Å². The Kier molecular flexibility index (Phi) is 4.52. The van der Waals surface area contributed by atoms with Gasteiger partial charge in [0.15, 0.2) is 11.5 Å². The lowest BCUT2D eigenvalue weighted by Gasteiger charge is -2.18. The van der Waals surface area contributed by atoms with Crippen molar-refractivity contribution in [2.75, 3.05) is 21.3 Å². The van der Waals surface area contributed by atoms with E-state index in [4.69, 9.17) is 19.9 Å². The molecule has 0 saturated carbocycles. The van der Waals surface area contributed by atoms with Crippen LogP contribution >= 0.6 is 11.3 Å². The van der Waals surface area contributed by atoms with E-state index in [1.807, 2.05) is 23.6 Å². The van der Waals surface area contributed by atoms with Crippen molar-refractivity contribution in [3.63, 3.8) is 0 Å². The highest BCUT2D eigenvalue weighted by molar-refractivity contribution is 7.10. The number of ether oxygens (including phenoxy) is 3. The lowest BCUT2D eigenvalue weighted by atomic mass is 9.99. The van der Waals surface area contributed by atoms with Crippen LogP contribution < -0.4 is 19.9 Å². The molecule has 0 fully saturated rings. The molecule has 0 spiro atoms. The molecule has 0 aliphatic carbocycles. The standard InChI is InChI=1S/C15H19NO3S/c1-9-11(5-6-20-9)14(16)10-7-12(17-2)15(19-4)13(8-10)18-3/h5-8,14H,16H2,1-4H3. The van der Waals surface area contributed by atoms with Gasteiger partial charge in [0.1, 0.15) is 0 Å². The number of aryl methyl sites for hydroxylation is 1. The van der Waals surface area contributed by atoms with Gasteiger partial charge < -0.3 is 19.9 Å². The summed E-state index contributed by atoms with van der Waals surface area (Å²) in [5, 5.41) is 2.04. The van der Waals surface area contributed by atoms with Gasteiger partial charge in [0, 0.05) is 4.88 Å². The Morgan fingerprint density at radius 1 is 1.05 bits per heavy atom. The largest absolute Gasteiger partial charge is 0.493 e. The number of benzene rings is 1. The maximum atomic E-state index is 6.36. The number of hydrogen-bond acceptors (Lipinski definition) is 5. The van der Waals surface area contributed by atoms with Crippen LogP contribution in [0.25, 0.3) is 0 Å². The predicted octanol–water partition coefficient (Wildman–Crippen LogP) is 3.13. The fraction of sp³-hybridized carbons (Fsp3) is 0.333. The Labute approximate surface area is 123 Å². The predicted molar refractivity (Wildman–Crippen MR) is 81.2 cm³/mol. The third-order valence-electron chi connectivity index (χ3n) is 3.28. The molecule has 0 radical (unpaired) electrons. The van der Waals surface area contributed by atoms with E-state index in [0.717, 1.165) is 11.1 Å². The summed E-state index contributed by atoms with van der Waals surface area (Å²) in [4.78, 5) is 1.21. The van der Waals surface area contributed by atoms with Crippen LogP contribution in [-0.2, 0) is 0 Å². The summed E-state index contributed by atoms with van der Waals surface area (Å²) in [6.07, 6.45) is 0. The van der Waals surface area contributed by atoms with Crippen molar-refractivity contribution in [3.8, 4) is 17.2 Å². The molecule has 20 heavy (non-hydrogen) atoms. The van der Waals surface area contributed by atoms with Crippen molar-refractivity contribution in [1.29, 1.82) is 0 Å². The van der Waals surface area contributed by atoms with Crippen LogP contribution in [0.4, 0.5) is 0 Å². The molecule has 2 N–H and O–H groups in total. The van der Waals surface area contributed by atoms with E-state index < -0.39 is 0 Å². The van der Waals surface area contributed by atoms with Crippen LogP contribution in [0.2, 0.25) is 0 Å². The summed E-state index contributed by atoms with van der Waals surface area (Å²) < 4.78 is 16.0. The van der Waals surface area contributed by atoms with E-state index >= 15 is 0 Å². The number of hydrogen-bond donors (Lipinski definition) is 1. The van der Waals surface area contributed by atoms with Crippen molar-refractivity contribution in [1.82, 2.24) is 0 Å². The maximum absolute atomic E-state index is 6.36. The average molecular weight is 293 g/mol. The van der Waals surface area contributed by atoms with Crippen molar-refractivity contribution >= 4 is 11.3 Å². The summed E-state index contributed by atoms with van der Waals surface area (Å²) in [7, 11) is 4.79. The van der Waals surface area contributed by atoms with Gasteiger partial charge in [0.25, 0.3) is 0 Å². The van der Waals surface area contributed by atoms with Gasteiger partial charge in [-0.25, -0.2) is 0 Å². The molecule has 0 saturated heterocycles. The van der Waals surface area contributed by atoms with Gasteiger partial charge in [0.2, 0.25) is 5.75 Å². The second kappa shape index (κ2) is 6.15. The highest BCUT2D eigenvalue weighted by Gasteiger charge is 2.19. The van der Waals surface area contributed by atoms with Gasteiger partial charge in [0.05, 0.1) is 27.4 Å². The van der Waals surface area contributed by atoms with E-state index in [2.05, 4.69) is 6.92 Å². The monoisotopic (exact) mass is 293 g/mol. The van der Waals surface area contributed by atoms with Crippen molar-refractivity contribution in [2.24, 2.45) is 5.73 Å². The Bertz CT molecular complexity index is 570. The lowest BCUT2D eigenvalue weighted by molar-refractivity contribution is 0.323. The molecule has 0 amide bonds. The third kappa shape index (κ3) is 2.59. The minimum absolute atomic E-state index is 0.213. The smallest absolute Gasteiger partial charge is 0.203 e. The molecule has 108 valence electrons. The third-order valence-corrected chi connectivity index (χ3v) is 4.14. The van der Waals surface area contributed by atoms with Gasteiger partial charge in [-0.05, 0) is 41.6 Å². The van der Waals surface area contributed by atoms with Crippen LogP contribution in [0.3, 0.4) is 0 Å². The van der Waals surface area contributed by atoms with Crippen LogP contribution in [0.1, 0.15) is 22.0 Å². The van der Waals surface area contributed by atoms with Gasteiger partial charge >= 0.3 is 0 Å². The fourth-order valence-electron chi connectivity index (χ4n) is 2.18. The summed E-state index contributed by atoms with van der Waals surface area (Å²) in [5.41, 5.74) is 8.40. The molecule has 0 aliphatic heterocycles. The van der Waals surface area contributed by atoms with Crippen molar-refractivity contribution in [3.05, 3.63) is 39.6 Å². The lowest BCUT2D eigenvalue weighted by Crippen LogP contribution is -2.12. The molecular formula is C15H19NO3S. The second-order valence-electron chi connectivity index (χ2n) is 4.37. The topological polar surface area (TPSA) is 53.7 Å². The number of nitrogens with two attached hydrogens (primary N) is 1. The highest BCUT2D eigenvalue weighted by Crippen LogP contribution is 2.40. The molecule has 1 unspecified atom stereocenters. The van der Waals surface area contributed by atoms with E-state index in [-0.39, 0.29) is 6.04 Å². The zero-order valence-corrected chi connectivity index (χ0v) is 12.9. The van der Waals surface area contributed by atoms with Crippen LogP contribution in [0, 0.1) is 6.92 Å². The molecule has 1 heterocycles. The van der Waals surface area contributed by atoms with Gasteiger partial charge in [-0.2, -0.15) is 0 Å². The minimum atomic E-state index is -0.213. The molecule has 0 aliphatic rings. The van der Waals surface area contributed by atoms with Crippen LogP contribution in [0.5, 0.6) is 17.2 Å². The molecule has 2 rings (SSSR count). The van der Waals surface area contributed by atoms with E-state index in [0.29, 0.717) is 17.2 Å². The first-order valence-electron chi connectivity index (χ1n) is 6.21. The first-order chi connectivity index (χ1) is 9.62. The Hall–Kier alpha value is -1.72. The first kappa shape index (κ1) is 14.7. The molecule has 5 heteroatoms. The summed E-state index contributed by atoms with van der Waals surface area (Å²) in [6, 6.07) is 5.62.